The van der Waals surface area contributed by atoms with Crippen molar-refractivity contribution in [2.24, 2.45) is 0 Å². The van der Waals surface area contributed by atoms with Crippen molar-refractivity contribution < 1.29 is 45.7 Å². The minimum absolute atomic E-state index is 0.00355. The molecule has 0 radical (unpaired) electrons. The topological polar surface area (TPSA) is 199 Å². The van der Waals surface area contributed by atoms with E-state index in [1.54, 1.807) is 49.5 Å². The van der Waals surface area contributed by atoms with Gasteiger partial charge in [-0.15, -0.1) is 0 Å². The second kappa shape index (κ2) is 24.3. The Hall–Kier alpha value is -4.65. The number of carbonyl (C=O) groups is 2. The molecular weight excluding hydrogens is 926 g/mol. The van der Waals surface area contributed by atoms with Crippen molar-refractivity contribution in [1.29, 1.82) is 0 Å². The lowest BCUT2D eigenvalue weighted by molar-refractivity contribution is -0.143. The number of pyridine rings is 1. The van der Waals surface area contributed by atoms with Crippen LogP contribution in [0.5, 0.6) is 11.5 Å². The molecule has 5 aromatic rings. The van der Waals surface area contributed by atoms with Crippen LogP contribution in [0.2, 0.25) is 20.1 Å². The molecule has 4 N–H and O–H groups in total. The van der Waals surface area contributed by atoms with Crippen LogP contribution in [-0.2, 0) is 34.4 Å². The fraction of sp³-hybridized carbons (Fsp3) is 0.262. The van der Waals surface area contributed by atoms with E-state index < -0.39 is 50.5 Å². The number of sulfonamides is 2. The summed E-state index contributed by atoms with van der Waals surface area (Å²) in [5, 5.41) is 13.7. The molecule has 0 saturated heterocycles. The predicted octanol–water partition coefficient (Wildman–Crippen LogP) is 9.13. The monoisotopic (exact) mass is 968 g/mol. The second-order valence-corrected chi connectivity index (χ2v) is 18.4. The molecule has 0 saturated carbocycles. The van der Waals surface area contributed by atoms with Crippen LogP contribution in [0.15, 0.2) is 119 Å². The van der Waals surface area contributed by atoms with Crippen molar-refractivity contribution >= 4 is 84.2 Å². The maximum Gasteiger partial charge on any atom is 0.307 e. The number of methoxy groups -OCH3 is 1. The van der Waals surface area contributed by atoms with E-state index in [-0.39, 0.29) is 32.9 Å². The quantitative estimate of drug-likeness (QED) is 0.0402. The summed E-state index contributed by atoms with van der Waals surface area (Å²) in [5.41, 5.74) is 0.798. The number of nitrogens with one attached hydrogen (secondary N) is 3. The minimum atomic E-state index is -4.07. The number of esters is 1. The van der Waals surface area contributed by atoms with Crippen LogP contribution in [0.4, 0.5) is 5.82 Å². The molecule has 0 fully saturated rings. The Balaban J connectivity index is 0.000000282. The number of ether oxygens (including phenoxy) is 3. The van der Waals surface area contributed by atoms with Gasteiger partial charge in [0.05, 0.1) is 55.0 Å². The summed E-state index contributed by atoms with van der Waals surface area (Å²) in [6, 6.07) is 24.8. The molecule has 0 aliphatic heterocycles. The lowest BCUT2D eigenvalue weighted by Crippen LogP contribution is -2.30. The summed E-state index contributed by atoms with van der Waals surface area (Å²) in [6.45, 7) is 2.99. The molecule has 2 atom stereocenters. The number of halogens is 4. The molecule has 62 heavy (non-hydrogen) atoms. The number of carbonyl (C=O) groups excluding carboxylic acids is 1. The van der Waals surface area contributed by atoms with Crippen molar-refractivity contribution in [2.45, 2.75) is 54.5 Å². The molecule has 2 unspecified atom stereocenters. The summed E-state index contributed by atoms with van der Waals surface area (Å²) in [4.78, 5) is 27.5. The van der Waals surface area contributed by atoms with Gasteiger partial charge in [-0.05, 0) is 104 Å². The Labute approximate surface area is 380 Å². The molecule has 0 aliphatic rings. The van der Waals surface area contributed by atoms with E-state index >= 15 is 0 Å². The average molecular weight is 971 g/mol. The molecule has 0 amide bonds. The van der Waals surface area contributed by atoms with Crippen LogP contribution in [0.25, 0.3) is 0 Å². The van der Waals surface area contributed by atoms with Gasteiger partial charge in [-0.1, -0.05) is 64.6 Å². The lowest BCUT2D eigenvalue weighted by atomic mass is 10.1. The third-order valence-corrected chi connectivity index (χ3v) is 12.3. The fourth-order valence-corrected chi connectivity index (χ4v) is 9.28. The van der Waals surface area contributed by atoms with Gasteiger partial charge in [0.15, 0.2) is 0 Å². The Bertz CT molecular complexity index is 2460. The standard InChI is InChI=1S/C24H25Cl2N3O5S.C18H19Cl2NO5S/c25-18-12-17(13-19(26)14-18)22(16-24(30)31)29-35(32,33)21-7-5-6-20(15-21)34-11-4-3-10-28-23-8-1-2-9-27-23;1-3-26-18(22)11-17(12-7-13(19)9-14(20)8-12)21-27(23,24)16-6-4-5-15(10-16)25-2/h1-2,5-9,12-15,22,29H,3-4,10-11,16H2,(H,27,28)(H,30,31);4-10,17,21H,3,11H2,1-2H3. The summed E-state index contributed by atoms with van der Waals surface area (Å²) >= 11 is 24.1. The number of anilines is 1. The highest BCUT2D eigenvalue weighted by molar-refractivity contribution is 7.89. The van der Waals surface area contributed by atoms with Gasteiger partial charge in [-0.25, -0.2) is 31.3 Å². The first-order chi connectivity index (χ1) is 29.5. The highest BCUT2D eigenvalue weighted by atomic mass is 35.5. The zero-order chi connectivity index (χ0) is 45.3. The molecule has 332 valence electrons. The Morgan fingerprint density at radius 1 is 0.694 bits per heavy atom. The highest BCUT2D eigenvalue weighted by Crippen LogP contribution is 2.30. The van der Waals surface area contributed by atoms with Crippen molar-refractivity contribution in [3.8, 4) is 11.5 Å². The number of aliphatic carboxylic acids is 1. The Morgan fingerprint density at radius 3 is 1.73 bits per heavy atom. The molecule has 14 nitrogen and oxygen atoms in total. The van der Waals surface area contributed by atoms with Crippen LogP contribution in [0, 0.1) is 0 Å². The van der Waals surface area contributed by atoms with Gasteiger partial charge in [0.1, 0.15) is 17.3 Å². The van der Waals surface area contributed by atoms with Gasteiger partial charge < -0.3 is 24.6 Å². The second-order valence-electron chi connectivity index (χ2n) is 13.2. The Morgan fingerprint density at radius 2 is 1.23 bits per heavy atom. The van der Waals surface area contributed by atoms with Gasteiger partial charge in [0.2, 0.25) is 20.0 Å². The van der Waals surface area contributed by atoms with Gasteiger partial charge in [-0.3, -0.25) is 9.59 Å². The van der Waals surface area contributed by atoms with Gasteiger partial charge >= 0.3 is 11.9 Å². The molecule has 0 bridgehead atoms. The number of rotatable bonds is 21. The smallest absolute Gasteiger partial charge is 0.307 e. The molecule has 20 heteroatoms. The zero-order valence-electron chi connectivity index (χ0n) is 33.4. The van der Waals surface area contributed by atoms with E-state index in [0.29, 0.717) is 39.3 Å². The summed E-state index contributed by atoms with van der Waals surface area (Å²) in [7, 11) is -6.58. The maximum atomic E-state index is 13.0. The first kappa shape index (κ1) is 50.0. The molecule has 1 aromatic heterocycles. The fourth-order valence-electron chi connectivity index (χ4n) is 5.68. The van der Waals surface area contributed by atoms with Crippen LogP contribution in [0.3, 0.4) is 0 Å². The maximum absolute atomic E-state index is 13.0. The van der Waals surface area contributed by atoms with Crippen molar-refractivity contribution in [3.63, 3.8) is 0 Å². The average Bonchev–Trinajstić information content (AvgIpc) is 3.21. The van der Waals surface area contributed by atoms with E-state index in [1.807, 2.05) is 18.2 Å². The van der Waals surface area contributed by atoms with Crippen LogP contribution >= 0.6 is 46.4 Å². The minimum Gasteiger partial charge on any atom is -0.497 e. The van der Waals surface area contributed by atoms with Crippen LogP contribution in [-0.4, -0.2) is 65.7 Å². The molecule has 0 aliphatic carbocycles. The van der Waals surface area contributed by atoms with E-state index in [1.165, 1.54) is 55.6 Å². The number of unbranched alkanes of at least 4 members (excludes halogenated alkanes) is 1. The molecule has 5 rings (SSSR count). The van der Waals surface area contributed by atoms with Crippen LogP contribution in [0.1, 0.15) is 55.8 Å². The zero-order valence-corrected chi connectivity index (χ0v) is 38.1. The number of carboxylic acids is 1. The van der Waals surface area contributed by atoms with Gasteiger partial charge in [-0.2, -0.15) is 0 Å². The lowest BCUT2D eigenvalue weighted by Gasteiger charge is -2.19. The normalized spacial score (nSPS) is 12.3. The number of benzene rings is 4. The highest BCUT2D eigenvalue weighted by Gasteiger charge is 2.27. The number of hydrogen-bond acceptors (Lipinski definition) is 11. The Kier molecular flexibility index (Phi) is 19.6. The number of aromatic nitrogens is 1. The van der Waals surface area contributed by atoms with E-state index in [2.05, 4.69) is 19.7 Å². The SMILES string of the molecule is CCOC(=O)CC(NS(=O)(=O)c1cccc(OC)c1)c1cc(Cl)cc(Cl)c1.O=C(O)CC(NS(=O)(=O)c1cccc(OCCCCNc2ccccn2)c1)c1cc(Cl)cc(Cl)c1. The predicted molar refractivity (Wildman–Crippen MR) is 239 cm³/mol. The van der Waals surface area contributed by atoms with Crippen molar-refractivity contribution in [3.05, 3.63) is 141 Å². The molecule has 4 aromatic carbocycles. The van der Waals surface area contributed by atoms with Crippen molar-refractivity contribution in [2.75, 3.05) is 32.2 Å². The number of hydrogen-bond donors (Lipinski definition) is 4. The van der Waals surface area contributed by atoms with E-state index in [9.17, 15) is 31.5 Å². The molecular formula is C42H44Cl4N4O10S2. The van der Waals surface area contributed by atoms with Crippen molar-refractivity contribution in [1.82, 2.24) is 14.4 Å². The first-order valence-corrected chi connectivity index (χ1v) is 23.3. The van der Waals surface area contributed by atoms with Crippen LogP contribution < -0.4 is 24.2 Å². The summed E-state index contributed by atoms with van der Waals surface area (Å²) < 4.78 is 72.4. The third kappa shape index (κ3) is 16.6. The first-order valence-electron chi connectivity index (χ1n) is 18.8. The molecule has 1 heterocycles. The third-order valence-electron chi connectivity index (χ3n) is 8.50. The van der Waals surface area contributed by atoms with E-state index in [0.717, 1.165) is 25.2 Å². The largest absolute Gasteiger partial charge is 0.497 e. The van der Waals surface area contributed by atoms with E-state index in [4.69, 9.17) is 60.6 Å². The number of nitrogens with zero attached hydrogens (tertiary/aromatic N) is 1. The number of carboxylic acid groups (broad SMARTS) is 1. The molecule has 0 spiro atoms. The van der Waals surface area contributed by atoms with Gasteiger partial charge in [0, 0.05) is 45.0 Å². The summed E-state index contributed by atoms with van der Waals surface area (Å²) in [6.07, 6.45) is 2.61. The summed E-state index contributed by atoms with van der Waals surface area (Å²) in [5.74, 6) is -0.132. The van der Waals surface area contributed by atoms with Gasteiger partial charge in [0.25, 0.3) is 0 Å².